The molecule has 1 aliphatic carbocycles. The highest BCUT2D eigenvalue weighted by Gasteiger charge is 2.30. The van der Waals surface area contributed by atoms with Crippen LogP contribution in [0.2, 0.25) is 0 Å². The van der Waals surface area contributed by atoms with E-state index in [-0.39, 0.29) is 36.4 Å². The minimum Gasteiger partial charge on any atom is -0.343 e. The molecule has 2 heterocycles. The largest absolute Gasteiger partial charge is 0.343 e. The van der Waals surface area contributed by atoms with Crippen molar-refractivity contribution in [3.05, 3.63) is 34.9 Å². The lowest BCUT2D eigenvalue weighted by Crippen LogP contribution is -2.44. The summed E-state index contributed by atoms with van der Waals surface area (Å²) < 4.78 is 0. The molecule has 5 heteroatoms. The first-order valence-electron chi connectivity index (χ1n) is 11.8. The van der Waals surface area contributed by atoms with Gasteiger partial charge in [-0.05, 0) is 62.1 Å². The molecular weight excluding hydrogens is 376 g/mol. The minimum atomic E-state index is 0.0465. The Balaban J connectivity index is 1.22. The Morgan fingerprint density at radius 2 is 1.47 bits per heavy atom. The highest BCUT2D eigenvalue weighted by Crippen LogP contribution is 2.25. The van der Waals surface area contributed by atoms with E-state index in [0.717, 1.165) is 57.2 Å². The van der Waals surface area contributed by atoms with Gasteiger partial charge in [0.15, 0.2) is 5.78 Å². The molecule has 0 saturated carbocycles. The van der Waals surface area contributed by atoms with Crippen LogP contribution in [0.4, 0.5) is 0 Å². The van der Waals surface area contributed by atoms with Gasteiger partial charge in [-0.3, -0.25) is 14.4 Å². The average Bonchev–Trinajstić information content (AvgIpc) is 3.08. The van der Waals surface area contributed by atoms with Crippen LogP contribution in [0.3, 0.4) is 0 Å². The molecule has 2 fully saturated rings. The first-order valence-corrected chi connectivity index (χ1v) is 11.8. The van der Waals surface area contributed by atoms with Crippen LogP contribution in [0.25, 0.3) is 0 Å². The number of carbonyl (C=O) groups is 3. The van der Waals surface area contributed by atoms with Crippen LogP contribution in [0, 0.1) is 5.92 Å². The number of carbonyl (C=O) groups excluding carboxylic acids is 3. The van der Waals surface area contributed by atoms with Gasteiger partial charge in [0.25, 0.3) is 0 Å². The van der Waals surface area contributed by atoms with E-state index in [1.54, 1.807) is 0 Å². The number of hydrogen-bond acceptors (Lipinski definition) is 3. The highest BCUT2D eigenvalue weighted by molar-refractivity contribution is 5.98. The third-order valence-electron chi connectivity index (χ3n) is 7.10. The Morgan fingerprint density at radius 1 is 0.767 bits per heavy atom. The van der Waals surface area contributed by atoms with Gasteiger partial charge in [-0.1, -0.05) is 25.0 Å². The molecule has 5 nitrogen and oxygen atoms in total. The molecule has 2 aliphatic heterocycles. The summed E-state index contributed by atoms with van der Waals surface area (Å²) in [5, 5.41) is 0. The zero-order chi connectivity index (χ0) is 20.9. The summed E-state index contributed by atoms with van der Waals surface area (Å²) >= 11 is 0. The summed E-state index contributed by atoms with van der Waals surface area (Å²) in [6, 6.07) is 6.01. The molecule has 1 aromatic rings. The highest BCUT2D eigenvalue weighted by atomic mass is 16.2. The number of benzene rings is 1. The predicted octanol–water partition coefficient (Wildman–Crippen LogP) is 3.78. The van der Waals surface area contributed by atoms with E-state index in [1.165, 1.54) is 30.4 Å². The van der Waals surface area contributed by atoms with E-state index in [4.69, 9.17) is 0 Å². The number of rotatable bonds is 5. The molecule has 0 unspecified atom stereocenters. The second-order valence-electron chi connectivity index (χ2n) is 9.15. The van der Waals surface area contributed by atoms with E-state index in [0.29, 0.717) is 13.1 Å². The lowest BCUT2D eigenvalue weighted by atomic mass is 9.94. The van der Waals surface area contributed by atoms with Crippen molar-refractivity contribution in [1.82, 2.24) is 9.80 Å². The van der Waals surface area contributed by atoms with Crippen LogP contribution in [0.1, 0.15) is 79.3 Å². The number of piperidine rings is 1. The first-order chi connectivity index (χ1) is 14.6. The van der Waals surface area contributed by atoms with E-state index in [1.807, 2.05) is 21.9 Å². The first kappa shape index (κ1) is 21.1. The van der Waals surface area contributed by atoms with Crippen molar-refractivity contribution in [1.29, 1.82) is 0 Å². The lowest BCUT2D eigenvalue weighted by Gasteiger charge is -2.34. The Bertz CT molecular complexity index is 788. The summed E-state index contributed by atoms with van der Waals surface area (Å²) in [6.45, 7) is 3.05. The number of ketones is 1. The Morgan fingerprint density at radius 3 is 2.20 bits per heavy atom. The minimum absolute atomic E-state index is 0.0465. The number of Topliss-reactive ketones (excluding diaryl/α,β-unsaturated/α-hetero) is 1. The van der Waals surface area contributed by atoms with Gasteiger partial charge in [0, 0.05) is 50.5 Å². The SMILES string of the molecule is O=C(CCC(=O)N1CCC(C(=O)N2CCCCCC2)CC1)c1ccc2c(c1)CCC2. The van der Waals surface area contributed by atoms with Crippen molar-refractivity contribution in [2.75, 3.05) is 26.2 Å². The Labute approximate surface area is 179 Å². The Kier molecular flexibility index (Phi) is 6.86. The van der Waals surface area contributed by atoms with Gasteiger partial charge in [0.2, 0.25) is 11.8 Å². The molecule has 0 N–H and O–H groups in total. The van der Waals surface area contributed by atoms with Gasteiger partial charge in [-0.25, -0.2) is 0 Å². The topological polar surface area (TPSA) is 57.7 Å². The fourth-order valence-corrected chi connectivity index (χ4v) is 5.19. The molecule has 0 aromatic heterocycles. The maximum atomic E-state index is 12.8. The quantitative estimate of drug-likeness (QED) is 0.694. The summed E-state index contributed by atoms with van der Waals surface area (Å²) in [5.41, 5.74) is 3.40. The van der Waals surface area contributed by atoms with Gasteiger partial charge < -0.3 is 9.80 Å². The molecular formula is C25H34N2O3. The summed E-state index contributed by atoms with van der Waals surface area (Å²) in [6.07, 6.45) is 10.0. The summed E-state index contributed by atoms with van der Waals surface area (Å²) in [5.74, 6) is 0.449. The standard InChI is InChI=1S/C25H34N2O3/c28-23(22-9-8-19-6-5-7-21(19)18-22)10-11-24(29)26-16-12-20(13-17-26)25(30)27-14-3-1-2-4-15-27/h8-9,18,20H,1-7,10-17H2. The van der Waals surface area contributed by atoms with Gasteiger partial charge in [-0.15, -0.1) is 0 Å². The fraction of sp³-hybridized carbons (Fsp3) is 0.640. The van der Waals surface area contributed by atoms with Gasteiger partial charge in [0.05, 0.1) is 0 Å². The van der Waals surface area contributed by atoms with Crippen molar-refractivity contribution in [3.8, 4) is 0 Å². The Hall–Kier alpha value is -2.17. The number of aryl methyl sites for hydroxylation is 2. The molecule has 2 amide bonds. The van der Waals surface area contributed by atoms with E-state index in [9.17, 15) is 14.4 Å². The van der Waals surface area contributed by atoms with Crippen LogP contribution >= 0.6 is 0 Å². The third-order valence-corrected chi connectivity index (χ3v) is 7.10. The van der Waals surface area contributed by atoms with Crippen LogP contribution in [0.15, 0.2) is 18.2 Å². The normalized spacial score (nSPS) is 20.0. The third kappa shape index (κ3) is 4.93. The lowest BCUT2D eigenvalue weighted by molar-refractivity contribution is -0.140. The zero-order valence-electron chi connectivity index (χ0n) is 18.0. The van der Waals surface area contributed by atoms with Crippen molar-refractivity contribution in [2.24, 2.45) is 5.92 Å². The number of amides is 2. The molecule has 162 valence electrons. The van der Waals surface area contributed by atoms with Gasteiger partial charge >= 0.3 is 0 Å². The van der Waals surface area contributed by atoms with Crippen LogP contribution in [-0.4, -0.2) is 53.6 Å². The van der Waals surface area contributed by atoms with Gasteiger partial charge in [0.1, 0.15) is 0 Å². The second kappa shape index (κ2) is 9.76. The molecule has 0 radical (unpaired) electrons. The molecule has 0 spiro atoms. The smallest absolute Gasteiger partial charge is 0.225 e. The van der Waals surface area contributed by atoms with Crippen molar-refractivity contribution < 1.29 is 14.4 Å². The maximum absolute atomic E-state index is 12.8. The molecule has 30 heavy (non-hydrogen) atoms. The van der Waals surface area contributed by atoms with Crippen LogP contribution in [-0.2, 0) is 22.4 Å². The number of fused-ring (bicyclic) bond motifs is 1. The van der Waals surface area contributed by atoms with Crippen LogP contribution < -0.4 is 0 Å². The zero-order valence-corrected chi connectivity index (χ0v) is 18.0. The number of likely N-dealkylation sites (tertiary alicyclic amines) is 2. The summed E-state index contributed by atoms with van der Waals surface area (Å²) in [4.78, 5) is 41.9. The average molecular weight is 411 g/mol. The van der Waals surface area contributed by atoms with Crippen molar-refractivity contribution in [3.63, 3.8) is 0 Å². The van der Waals surface area contributed by atoms with Crippen molar-refractivity contribution in [2.45, 2.75) is 70.6 Å². The van der Waals surface area contributed by atoms with E-state index in [2.05, 4.69) is 6.07 Å². The predicted molar refractivity (Wildman–Crippen MR) is 116 cm³/mol. The summed E-state index contributed by atoms with van der Waals surface area (Å²) in [7, 11) is 0. The van der Waals surface area contributed by atoms with Gasteiger partial charge in [-0.2, -0.15) is 0 Å². The number of nitrogens with zero attached hydrogens (tertiary/aromatic N) is 2. The molecule has 3 aliphatic rings. The molecule has 0 atom stereocenters. The maximum Gasteiger partial charge on any atom is 0.225 e. The van der Waals surface area contributed by atoms with Crippen LogP contribution in [0.5, 0.6) is 0 Å². The second-order valence-corrected chi connectivity index (χ2v) is 9.15. The van der Waals surface area contributed by atoms with E-state index >= 15 is 0 Å². The van der Waals surface area contributed by atoms with Crippen molar-refractivity contribution >= 4 is 17.6 Å². The molecule has 4 rings (SSSR count). The fourth-order valence-electron chi connectivity index (χ4n) is 5.19. The van der Waals surface area contributed by atoms with E-state index < -0.39 is 0 Å². The number of hydrogen-bond donors (Lipinski definition) is 0. The molecule has 2 saturated heterocycles. The molecule has 1 aromatic carbocycles. The molecule has 0 bridgehead atoms. The monoisotopic (exact) mass is 410 g/mol.